The SMILES string of the molecule is COc1cc(N)c(C=N)cc1Nc1ncnc(N)c1C1=CCC(C(=O)O)CC1. The van der Waals surface area contributed by atoms with E-state index < -0.39 is 11.9 Å². The van der Waals surface area contributed by atoms with E-state index in [0.29, 0.717) is 59.1 Å². The fourth-order valence-corrected chi connectivity index (χ4v) is 3.23. The molecule has 0 bridgehead atoms. The molecule has 0 radical (unpaired) electrons. The number of nitrogens with two attached hydrogens (primary N) is 2. The van der Waals surface area contributed by atoms with Gasteiger partial charge in [-0.2, -0.15) is 0 Å². The summed E-state index contributed by atoms with van der Waals surface area (Å²) >= 11 is 0. The minimum Gasteiger partial charge on any atom is -0.494 e. The van der Waals surface area contributed by atoms with Crippen LogP contribution in [0.4, 0.5) is 23.0 Å². The van der Waals surface area contributed by atoms with E-state index in [2.05, 4.69) is 15.3 Å². The van der Waals surface area contributed by atoms with Gasteiger partial charge >= 0.3 is 5.97 Å². The minimum absolute atomic E-state index is 0.305. The van der Waals surface area contributed by atoms with Crippen LogP contribution in [0.3, 0.4) is 0 Å². The third kappa shape index (κ3) is 3.73. The van der Waals surface area contributed by atoms with Crippen molar-refractivity contribution >= 4 is 40.8 Å². The third-order valence-electron chi connectivity index (χ3n) is 4.77. The number of allylic oxidation sites excluding steroid dienone is 2. The Balaban J connectivity index is 2.00. The van der Waals surface area contributed by atoms with E-state index in [0.717, 1.165) is 11.8 Å². The van der Waals surface area contributed by atoms with E-state index in [1.807, 2.05) is 6.08 Å². The van der Waals surface area contributed by atoms with Gasteiger partial charge < -0.3 is 32.0 Å². The Morgan fingerprint density at radius 2 is 2.18 bits per heavy atom. The normalized spacial score (nSPS) is 16.2. The van der Waals surface area contributed by atoms with Crippen molar-refractivity contribution in [3.05, 3.63) is 35.7 Å². The van der Waals surface area contributed by atoms with Crippen molar-refractivity contribution in [2.75, 3.05) is 23.9 Å². The zero-order valence-corrected chi connectivity index (χ0v) is 15.4. The molecule has 0 saturated heterocycles. The number of aliphatic carboxylic acids is 1. The van der Waals surface area contributed by atoms with Crippen LogP contribution < -0.4 is 21.5 Å². The maximum absolute atomic E-state index is 11.2. The third-order valence-corrected chi connectivity index (χ3v) is 4.77. The van der Waals surface area contributed by atoms with Crippen molar-refractivity contribution in [3.63, 3.8) is 0 Å². The van der Waals surface area contributed by atoms with Crippen LogP contribution in [0.1, 0.15) is 30.4 Å². The highest BCUT2D eigenvalue weighted by Crippen LogP contribution is 2.38. The van der Waals surface area contributed by atoms with Crippen LogP contribution in [0.15, 0.2) is 24.5 Å². The summed E-state index contributed by atoms with van der Waals surface area (Å²) in [5.41, 5.74) is 15.1. The van der Waals surface area contributed by atoms with Gasteiger partial charge in [0.25, 0.3) is 0 Å². The summed E-state index contributed by atoms with van der Waals surface area (Å²) in [4.78, 5) is 19.6. The summed E-state index contributed by atoms with van der Waals surface area (Å²) < 4.78 is 5.38. The second-order valence-electron chi connectivity index (χ2n) is 6.47. The Kier molecular flexibility index (Phi) is 5.44. The highest BCUT2D eigenvalue weighted by atomic mass is 16.5. The molecule has 28 heavy (non-hydrogen) atoms. The lowest BCUT2D eigenvalue weighted by Crippen LogP contribution is -2.16. The molecule has 0 spiro atoms. The Bertz CT molecular complexity index is 957. The summed E-state index contributed by atoms with van der Waals surface area (Å²) in [7, 11) is 1.52. The number of carboxylic acids is 1. The number of nitrogen functional groups attached to an aromatic ring is 2. The van der Waals surface area contributed by atoms with Crippen LogP contribution in [0.25, 0.3) is 5.57 Å². The van der Waals surface area contributed by atoms with Crippen LogP contribution in [-0.2, 0) is 4.79 Å². The maximum atomic E-state index is 11.2. The van der Waals surface area contributed by atoms with Gasteiger partial charge in [0.15, 0.2) is 0 Å². The van der Waals surface area contributed by atoms with Crippen LogP contribution in [0.5, 0.6) is 5.75 Å². The van der Waals surface area contributed by atoms with E-state index in [9.17, 15) is 9.90 Å². The van der Waals surface area contributed by atoms with E-state index in [1.165, 1.54) is 13.4 Å². The second kappa shape index (κ2) is 7.95. The molecule has 0 aliphatic heterocycles. The average Bonchev–Trinajstić information content (AvgIpc) is 2.69. The lowest BCUT2D eigenvalue weighted by atomic mass is 9.87. The smallest absolute Gasteiger partial charge is 0.306 e. The van der Waals surface area contributed by atoms with Crippen molar-refractivity contribution in [1.29, 1.82) is 5.41 Å². The first-order valence-electron chi connectivity index (χ1n) is 8.72. The molecule has 1 heterocycles. The van der Waals surface area contributed by atoms with Gasteiger partial charge in [0.1, 0.15) is 23.7 Å². The monoisotopic (exact) mass is 382 g/mol. The molecule has 9 heteroatoms. The molecule has 1 aliphatic carbocycles. The van der Waals surface area contributed by atoms with Crippen LogP contribution in [-0.4, -0.2) is 34.4 Å². The highest BCUT2D eigenvalue weighted by molar-refractivity contribution is 5.90. The van der Waals surface area contributed by atoms with Gasteiger partial charge in [-0.05, 0) is 30.9 Å². The molecule has 1 unspecified atom stereocenters. The van der Waals surface area contributed by atoms with Crippen molar-refractivity contribution in [2.24, 2.45) is 5.92 Å². The fourth-order valence-electron chi connectivity index (χ4n) is 3.23. The molecule has 1 aromatic heterocycles. The molecule has 3 rings (SSSR count). The van der Waals surface area contributed by atoms with E-state index >= 15 is 0 Å². The van der Waals surface area contributed by atoms with Gasteiger partial charge in [0, 0.05) is 23.5 Å². The molecule has 0 saturated carbocycles. The zero-order chi connectivity index (χ0) is 20.3. The summed E-state index contributed by atoms with van der Waals surface area (Å²) in [6.45, 7) is 0. The Hall–Kier alpha value is -3.62. The van der Waals surface area contributed by atoms with Gasteiger partial charge in [0.2, 0.25) is 0 Å². The van der Waals surface area contributed by atoms with Crippen LogP contribution in [0, 0.1) is 11.3 Å². The quantitative estimate of drug-likeness (QED) is 0.376. The first-order chi connectivity index (χ1) is 13.4. The molecular formula is C19H22N6O3. The fraction of sp³-hybridized carbons (Fsp3) is 0.263. The highest BCUT2D eigenvalue weighted by Gasteiger charge is 2.24. The number of hydrogen-bond acceptors (Lipinski definition) is 8. The average molecular weight is 382 g/mol. The van der Waals surface area contributed by atoms with Crippen LogP contribution >= 0.6 is 0 Å². The first kappa shape index (κ1) is 19.2. The molecule has 1 aromatic carbocycles. The summed E-state index contributed by atoms with van der Waals surface area (Å²) in [5, 5.41) is 19.9. The van der Waals surface area contributed by atoms with E-state index in [4.69, 9.17) is 21.6 Å². The molecule has 1 atom stereocenters. The predicted octanol–water partition coefficient (Wildman–Crippen LogP) is 2.66. The number of nitrogens with one attached hydrogen (secondary N) is 2. The van der Waals surface area contributed by atoms with Crippen molar-refractivity contribution in [2.45, 2.75) is 19.3 Å². The van der Waals surface area contributed by atoms with E-state index in [-0.39, 0.29) is 0 Å². The molecule has 2 aromatic rings. The number of methoxy groups -OCH3 is 1. The predicted molar refractivity (Wildman–Crippen MR) is 108 cm³/mol. The Labute approximate surface area is 162 Å². The molecule has 7 N–H and O–H groups in total. The molecule has 146 valence electrons. The molecule has 1 aliphatic rings. The number of benzene rings is 1. The van der Waals surface area contributed by atoms with Gasteiger partial charge in [0.05, 0.1) is 24.3 Å². The number of rotatable bonds is 6. The topological polar surface area (TPSA) is 160 Å². The lowest BCUT2D eigenvalue weighted by Gasteiger charge is -2.22. The largest absolute Gasteiger partial charge is 0.494 e. The number of anilines is 4. The molecule has 9 nitrogen and oxygen atoms in total. The second-order valence-corrected chi connectivity index (χ2v) is 6.47. The lowest BCUT2D eigenvalue weighted by molar-refractivity contribution is -0.141. The standard InChI is InChI=1S/C19H22N6O3/c1-28-15-7-13(21)12(8-20)6-14(15)25-18-16(17(22)23-9-24-18)10-2-4-11(5-3-10)19(26)27/h2,6-9,11,20H,3-5,21H2,1H3,(H,26,27)(H3,22,23,24,25). The van der Waals surface area contributed by atoms with Crippen molar-refractivity contribution < 1.29 is 14.6 Å². The number of carboxylic acid groups (broad SMARTS) is 1. The van der Waals surface area contributed by atoms with E-state index in [1.54, 1.807) is 12.1 Å². The van der Waals surface area contributed by atoms with Gasteiger partial charge in [-0.1, -0.05) is 6.08 Å². The molecule has 0 fully saturated rings. The number of carbonyl (C=O) groups is 1. The Morgan fingerprint density at radius 1 is 1.39 bits per heavy atom. The molecular weight excluding hydrogens is 360 g/mol. The minimum atomic E-state index is -0.795. The summed E-state index contributed by atoms with van der Waals surface area (Å²) in [6.07, 6.45) is 5.91. The van der Waals surface area contributed by atoms with Crippen molar-refractivity contribution in [3.8, 4) is 5.75 Å². The number of aromatic nitrogens is 2. The van der Waals surface area contributed by atoms with Gasteiger partial charge in [-0.3, -0.25) is 4.79 Å². The Morgan fingerprint density at radius 3 is 2.79 bits per heavy atom. The first-order valence-corrected chi connectivity index (χ1v) is 8.72. The van der Waals surface area contributed by atoms with Gasteiger partial charge in [-0.25, -0.2) is 9.97 Å². The maximum Gasteiger partial charge on any atom is 0.306 e. The van der Waals surface area contributed by atoms with Crippen molar-refractivity contribution in [1.82, 2.24) is 9.97 Å². The van der Waals surface area contributed by atoms with Gasteiger partial charge in [-0.15, -0.1) is 0 Å². The zero-order valence-electron chi connectivity index (χ0n) is 15.4. The molecule has 0 amide bonds. The summed E-state index contributed by atoms with van der Waals surface area (Å²) in [6, 6.07) is 3.32. The number of nitrogens with zero attached hydrogens (tertiary/aromatic N) is 2. The number of hydrogen-bond donors (Lipinski definition) is 5. The van der Waals surface area contributed by atoms with Crippen LogP contribution in [0.2, 0.25) is 0 Å². The number of ether oxygens (including phenoxy) is 1. The summed E-state index contributed by atoms with van der Waals surface area (Å²) in [5.74, 6) is 0.0932.